The number of aliphatic hydroxyl groups is 1. The van der Waals surface area contributed by atoms with E-state index in [1.54, 1.807) is 11.3 Å². The molecule has 2 aromatic heterocycles. The average molecular weight is 504 g/mol. The van der Waals surface area contributed by atoms with Gasteiger partial charge in [-0.3, -0.25) is 0 Å². The van der Waals surface area contributed by atoms with Gasteiger partial charge in [-0.15, -0.1) is 45.5 Å². The van der Waals surface area contributed by atoms with Gasteiger partial charge in [-0.2, -0.15) is 0 Å². The zero-order valence-corrected chi connectivity index (χ0v) is 19.0. The van der Waals surface area contributed by atoms with E-state index in [0.29, 0.717) is 12.6 Å². The number of guanidine groups is 1. The summed E-state index contributed by atoms with van der Waals surface area (Å²) in [6.45, 7) is 3.26. The van der Waals surface area contributed by atoms with Crippen LogP contribution in [-0.2, 0) is 20.0 Å². The van der Waals surface area contributed by atoms with Crippen molar-refractivity contribution >= 4 is 41.3 Å². The Kier molecular flexibility index (Phi) is 8.97. The molecule has 0 aromatic carbocycles. The van der Waals surface area contributed by atoms with Crippen LogP contribution in [0, 0.1) is 6.92 Å². The molecule has 2 heterocycles. The number of aryl methyl sites for hydroxylation is 1. The Labute approximate surface area is 181 Å². The van der Waals surface area contributed by atoms with Gasteiger partial charge in [0.2, 0.25) is 0 Å². The highest BCUT2D eigenvalue weighted by Crippen LogP contribution is 2.18. The minimum absolute atomic E-state index is 0. The molecular formula is C18H29IN6OS. The molecule has 0 aliphatic heterocycles. The number of thiophene rings is 1. The van der Waals surface area contributed by atoms with Crippen molar-refractivity contribution in [1.82, 2.24) is 25.4 Å². The minimum atomic E-state index is -0.151. The summed E-state index contributed by atoms with van der Waals surface area (Å²) >= 11 is 1.78. The van der Waals surface area contributed by atoms with Gasteiger partial charge >= 0.3 is 0 Å². The molecule has 0 amide bonds. The van der Waals surface area contributed by atoms with Crippen molar-refractivity contribution in [3.63, 3.8) is 0 Å². The fraction of sp³-hybridized carbons (Fsp3) is 0.611. The Balaban J connectivity index is 0.00000261. The zero-order valence-electron chi connectivity index (χ0n) is 15.9. The highest BCUT2D eigenvalue weighted by molar-refractivity contribution is 14.0. The third-order valence-corrected chi connectivity index (χ3v) is 5.78. The summed E-state index contributed by atoms with van der Waals surface area (Å²) in [5.41, 5.74) is 0. The molecular weight excluding hydrogens is 475 g/mol. The summed E-state index contributed by atoms with van der Waals surface area (Å²) in [7, 11) is 1.96. The molecule has 0 bridgehead atoms. The van der Waals surface area contributed by atoms with Crippen molar-refractivity contribution in [1.29, 1.82) is 0 Å². The fourth-order valence-electron chi connectivity index (χ4n) is 3.06. The molecule has 7 nitrogen and oxygen atoms in total. The van der Waals surface area contributed by atoms with Gasteiger partial charge in [-0.1, -0.05) is 6.07 Å². The predicted molar refractivity (Wildman–Crippen MR) is 120 cm³/mol. The van der Waals surface area contributed by atoms with Crippen LogP contribution in [0.4, 0.5) is 0 Å². The van der Waals surface area contributed by atoms with E-state index in [1.165, 1.54) is 4.88 Å². The number of rotatable bonds is 6. The maximum Gasteiger partial charge on any atom is 0.191 e. The van der Waals surface area contributed by atoms with Crippen LogP contribution in [0.3, 0.4) is 0 Å². The second-order valence-electron chi connectivity index (χ2n) is 6.79. The molecule has 150 valence electrons. The first-order valence-corrected chi connectivity index (χ1v) is 10.1. The van der Waals surface area contributed by atoms with Gasteiger partial charge in [-0.05, 0) is 50.5 Å². The largest absolute Gasteiger partial charge is 0.393 e. The maximum atomic E-state index is 9.70. The van der Waals surface area contributed by atoms with Crippen LogP contribution in [0.25, 0.3) is 0 Å². The molecule has 0 atom stereocenters. The Morgan fingerprint density at radius 3 is 2.74 bits per heavy atom. The van der Waals surface area contributed by atoms with Crippen LogP contribution < -0.4 is 10.6 Å². The van der Waals surface area contributed by atoms with E-state index >= 15 is 0 Å². The van der Waals surface area contributed by atoms with E-state index in [9.17, 15) is 5.11 Å². The standard InChI is InChI=1S/C18H28N6OS.HI/c1-13-22-23-17(24(13)2)12-20-18(19-10-9-16-4-3-11-26-16)21-14-5-7-15(25)8-6-14;/h3-4,11,14-15,25H,5-10,12H2,1-2H3,(H2,19,20,21);1H. The summed E-state index contributed by atoms with van der Waals surface area (Å²) in [6, 6.07) is 4.59. The van der Waals surface area contributed by atoms with Crippen molar-refractivity contribution in [2.24, 2.45) is 12.0 Å². The Hall–Kier alpha value is -1.20. The van der Waals surface area contributed by atoms with Crippen molar-refractivity contribution in [2.45, 2.75) is 57.7 Å². The predicted octanol–water partition coefficient (Wildman–Crippen LogP) is 2.38. The van der Waals surface area contributed by atoms with E-state index < -0.39 is 0 Å². The monoisotopic (exact) mass is 504 g/mol. The quantitative estimate of drug-likeness (QED) is 0.320. The number of aromatic nitrogens is 3. The van der Waals surface area contributed by atoms with Crippen molar-refractivity contribution in [3.8, 4) is 0 Å². The second kappa shape index (κ2) is 11.0. The first kappa shape index (κ1) is 22.1. The molecule has 0 spiro atoms. The SMILES string of the molecule is Cc1nnc(CN=C(NCCc2cccs2)NC2CCC(O)CC2)n1C.I. The van der Waals surface area contributed by atoms with Gasteiger partial charge in [-0.25, -0.2) is 4.99 Å². The van der Waals surface area contributed by atoms with Gasteiger partial charge in [0.15, 0.2) is 11.8 Å². The maximum absolute atomic E-state index is 9.70. The summed E-state index contributed by atoms with van der Waals surface area (Å²) in [6.07, 6.45) is 4.46. The van der Waals surface area contributed by atoms with Crippen LogP contribution in [0.5, 0.6) is 0 Å². The molecule has 27 heavy (non-hydrogen) atoms. The lowest BCUT2D eigenvalue weighted by Crippen LogP contribution is -2.46. The first-order chi connectivity index (χ1) is 12.6. The van der Waals surface area contributed by atoms with E-state index in [4.69, 9.17) is 4.99 Å². The Morgan fingerprint density at radius 2 is 2.11 bits per heavy atom. The second-order valence-corrected chi connectivity index (χ2v) is 7.83. The number of nitrogens with zero attached hydrogens (tertiary/aromatic N) is 4. The summed E-state index contributed by atoms with van der Waals surface area (Å²) in [4.78, 5) is 6.07. The lowest BCUT2D eigenvalue weighted by atomic mass is 9.93. The lowest BCUT2D eigenvalue weighted by Gasteiger charge is -2.27. The van der Waals surface area contributed by atoms with Crippen LogP contribution in [-0.4, -0.2) is 44.5 Å². The summed E-state index contributed by atoms with van der Waals surface area (Å²) in [5.74, 6) is 2.54. The van der Waals surface area contributed by atoms with Gasteiger partial charge in [0, 0.05) is 24.5 Å². The molecule has 3 N–H and O–H groups in total. The third kappa shape index (κ3) is 6.72. The van der Waals surface area contributed by atoms with E-state index in [1.807, 2.05) is 18.5 Å². The molecule has 1 fully saturated rings. The highest BCUT2D eigenvalue weighted by atomic mass is 127. The number of halogens is 1. The molecule has 9 heteroatoms. The smallest absolute Gasteiger partial charge is 0.191 e. The third-order valence-electron chi connectivity index (χ3n) is 4.84. The van der Waals surface area contributed by atoms with Crippen LogP contribution in [0.15, 0.2) is 22.5 Å². The topological polar surface area (TPSA) is 87.4 Å². The van der Waals surface area contributed by atoms with Gasteiger partial charge in [0.1, 0.15) is 12.4 Å². The fourth-order valence-corrected chi connectivity index (χ4v) is 3.77. The summed E-state index contributed by atoms with van der Waals surface area (Å²) < 4.78 is 1.96. The Morgan fingerprint density at radius 1 is 1.33 bits per heavy atom. The zero-order chi connectivity index (χ0) is 18.4. The number of nitrogens with one attached hydrogen (secondary N) is 2. The van der Waals surface area contributed by atoms with E-state index in [0.717, 1.165) is 56.3 Å². The molecule has 0 radical (unpaired) electrons. The first-order valence-electron chi connectivity index (χ1n) is 9.22. The van der Waals surface area contributed by atoms with Crippen LogP contribution in [0.2, 0.25) is 0 Å². The van der Waals surface area contributed by atoms with E-state index in [2.05, 4.69) is 38.3 Å². The van der Waals surface area contributed by atoms with Crippen molar-refractivity contribution < 1.29 is 5.11 Å². The molecule has 1 saturated carbocycles. The van der Waals surface area contributed by atoms with Crippen LogP contribution in [0.1, 0.15) is 42.2 Å². The molecule has 3 rings (SSSR count). The van der Waals surface area contributed by atoms with Crippen molar-refractivity contribution in [2.75, 3.05) is 6.54 Å². The van der Waals surface area contributed by atoms with E-state index in [-0.39, 0.29) is 30.1 Å². The number of aliphatic imine (C=N–C) groups is 1. The molecule has 2 aromatic rings. The van der Waals surface area contributed by atoms with Gasteiger partial charge in [0.05, 0.1) is 6.10 Å². The minimum Gasteiger partial charge on any atom is -0.393 e. The molecule has 0 saturated heterocycles. The molecule has 0 unspecified atom stereocenters. The van der Waals surface area contributed by atoms with Crippen molar-refractivity contribution in [3.05, 3.63) is 34.0 Å². The average Bonchev–Trinajstić information content (AvgIpc) is 3.26. The number of hydrogen-bond acceptors (Lipinski definition) is 5. The highest BCUT2D eigenvalue weighted by Gasteiger charge is 2.20. The number of hydrogen-bond donors (Lipinski definition) is 3. The van der Waals surface area contributed by atoms with Gasteiger partial charge in [0.25, 0.3) is 0 Å². The summed E-state index contributed by atoms with van der Waals surface area (Å²) in [5, 5.41) is 27.0. The van der Waals surface area contributed by atoms with Gasteiger partial charge < -0.3 is 20.3 Å². The normalized spacial score (nSPS) is 20.2. The Bertz CT molecular complexity index is 710. The number of aliphatic hydroxyl groups excluding tert-OH is 1. The van der Waals surface area contributed by atoms with Crippen LogP contribution >= 0.6 is 35.3 Å². The lowest BCUT2D eigenvalue weighted by molar-refractivity contribution is 0.120. The molecule has 1 aliphatic rings. The molecule has 1 aliphatic carbocycles.